The number of cyclic esters (lactones) is 1. The van der Waals surface area contributed by atoms with Crippen molar-refractivity contribution in [3.05, 3.63) is 76.8 Å². The van der Waals surface area contributed by atoms with E-state index >= 15 is 14.7 Å². The first kappa shape index (κ1) is 65.3. The number of esters is 1. The topological polar surface area (TPSA) is 335 Å². The molecule has 0 radical (unpaired) electrons. The molecule has 18 nitrogen and oxygen atoms in total. The van der Waals surface area contributed by atoms with Crippen LogP contribution in [0.3, 0.4) is 0 Å². The van der Waals surface area contributed by atoms with Crippen molar-refractivity contribution in [3.63, 3.8) is 0 Å². The van der Waals surface area contributed by atoms with E-state index in [9.17, 15) is 45.6 Å². The molecule has 0 amide bonds. The number of guanidine groups is 1. The van der Waals surface area contributed by atoms with E-state index in [1.807, 2.05) is 12.3 Å². The third-order valence-corrected chi connectivity index (χ3v) is 29.0. The zero-order valence-electron chi connectivity index (χ0n) is 52.8. The van der Waals surface area contributed by atoms with Crippen LogP contribution in [0, 0.1) is 99.1 Å². The van der Waals surface area contributed by atoms with Crippen molar-refractivity contribution in [2.75, 3.05) is 31.3 Å². The molecule has 1 spiro atoms. The Labute approximate surface area is 542 Å². The molecule has 3 heterocycles. The van der Waals surface area contributed by atoms with E-state index in [1.165, 1.54) is 27.2 Å². The van der Waals surface area contributed by atoms with Crippen LogP contribution in [-0.4, -0.2) is 147 Å². The van der Waals surface area contributed by atoms with Crippen molar-refractivity contribution in [3.8, 4) is 17.6 Å². The number of Topliss-reactive ketones (excluding diaryl/α,β-unsaturated/α-hetero) is 2. The first-order valence-corrected chi connectivity index (χ1v) is 36.6. The molecule has 4 bridgehead atoms. The number of hydrogen-bond acceptors (Lipinski definition) is 17. The number of nitrogens with zero attached hydrogens (tertiary/aromatic N) is 1. The second-order valence-corrected chi connectivity index (χ2v) is 33.1. The normalized spacial score (nSPS) is 44.4. The summed E-state index contributed by atoms with van der Waals surface area (Å²) >= 11 is 0. The van der Waals surface area contributed by atoms with Gasteiger partial charge in [-0.15, -0.1) is 5.92 Å². The molecule has 1 aromatic heterocycles. The number of nitrogens with two attached hydrogens (primary N) is 2. The number of ketones is 2. The van der Waals surface area contributed by atoms with Crippen LogP contribution < -0.4 is 16.8 Å². The van der Waals surface area contributed by atoms with Crippen LogP contribution >= 0.6 is 21.6 Å². The maximum Gasteiger partial charge on any atom is 0.313 e. The molecule has 2 aliphatic heterocycles. The van der Waals surface area contributed by atoms with Crippen molar-refractivity contribution in [2.45, 2.75) is 195 Å². The minimum Gasteiger partial charge on any atom is -0.508 e. The van der Waals surface area contributed by atoms with Crippen molar-refractivity contribution < 1.29 is 65.1 Å². The van der Waals surface area contributed by atoms with Gasteiger partial charge in [0, 0.05) is 90.1 Å². The Morgan fingerprint density at radius 2 is 1.67 bits per heavy atom. The number of phenols is 1. The highest BCUT2D eigenvalue weighted by molar-refractivity contribution is 8.76. The molecule has 20 heteroatoms. The van der Waals surface area contributed by atoms with E-state index in [0.29, 0.717) is 42.9 Å². The van der Waals surface area contributed by atoms with Gasteiger partial charge in [0.05, 0.1) is 53.8 Å². The third kappa shape index (κ3) is 10.7. The van der Waals surface area contributed by atoms with Crippen molar-refractivity contribution in [1.82, 2.24) is 10.3 Å². The highest BCUT2D eigenvalue weighted by Crippen LogP contribution is 2.76. The lowest BCUT2D eigenvalue weighted by Crippen LogP contribution is -2.70. The molecule has 15 N–H and O–H groups in total. The number of hydrogen-bond donors (Lipinski definition) is 13. The number of rotatable bonds is 9. The Hall–Kier alpha value is -4.40. The molecular weight excluding hydrogens is 1190 g/mol. The van der Waals surface area contributed by atoms with Gasteiger partial charge in [0.1, 0.15) is 11.8 Å². The number of aromatic hydroxyl groups is 1. The summed E-state index contributed by atoms with van der Waals surface area (Å²) < 4.78 is 6.03. The number of aliphatic hydroxyl groups excluding tert-OH is 4. The predicted molar refractivity (Wildman–Crippen MR) is 346 cm³/mol. The summed E-state index contributed by atoms with van der Waals surface area (Å²) in [6.07, 6.45) is 10.3. The van der Waals surface area contributed by atoms with E-state index in [1.54, 1.807) is 37.4 Å². The number of H-pyrrole nitrogens is 1. The highest BCUT2D eigenvalue weighted by atomic mass is 33.1. The fourth-order valence-electron chi connectivity index (χ4n) is 22.5. The van der Waals surface area contributed by atoms with Crippen LogP contribution in [0.25, 0.3) is 0 Å². The number of aromatic amines is 1. The molecule has 91 heavy (non-hydrogen) atoms. The maximum absolute atomic E-state index is 17.0. The van der Waals surface area contributed by atoms with E-state index in [2.05, 4.69) is 40.1 Å². The monoisotopic (exact) mass is 1290 g/mol. The molecule has 6 saturated carbocycles. The Balaban J connectivity index is 1.04. The number of carbonyl (C=O) groups excluding carboxylic acids is 3. The molecule has 0 unspecified atom stereocenters. The smallest absolute Gasteiger partial charge is 0.313 e. The van der Waals surface area contributed by atoms with Crippen molar-refractivity contribution in [2.24, 2.45) is 104 Å². The van der Waals surface area contributed by atoms with Crippen molar-refractivity contribution >= 4 is 45.1 Å². The first-order chi connectivity index (χ1) is 43.5. The third-order valence-electron chi connectivity index (χ3n) is 26.5. The van der Waals surface area contributed by atoms with Crippen LogP contribution in [0.1, 0.15) is 165 Å². The molecule has 496 valence electrons. The molecule has 2 saturated heterocycles. The molecule has 1 aromatic carbocycles. The van der Waals surface area contributed by atoms with Gasteiger partial charge in [-0.1, -0.05) is 77.5 Å². The lowest BCUT2D eigenvalue weighted by molar-refractivity contribution is -0.237. The van der Waals surface area contributed by atoms with Crippen LogP contribution in [0.15, 0.2) is 70.6 Å². The molecule has 11 aliphatic rings. The number of phenolic OH excluding ortho intramolecular Hbond substituents is 1. The van der Waals surface area contributed by atoms with E-state index in [-0.39, 0.29) is 111 Å². The maximum atomic E-state index is 17.0. The fourth-order valence-corrected chi connectivity index (χ4v) is 25.3. The Bertz CT molecular complexity index is 3230. The zero-order chi connectivity index (χ0) is 64.2. The highest BCUT2D eigenvalue weighted by Gasteiger charge is 2.77. The van der Waals surface area contributed by atoms with Crippen LogP contribution in [0.2, 0.25) is 0 Å². The summed E-state index contributed by atoms with van der Waals surface area (Å²) in [5.74, 6) is -0.163. The summed E-state index contributed by atoms with van der Waals surface area (Å²) in [5.41, 5.74) is 6.15. The van der Waals surface area contributed by atoms with Crippen LogP contribution in [0.4, 0.5) is 0 Å². The number of aromatic nitrogens is 1. The van der Waals surface area contributed by atoms with Crippen molar-refractivity contribution in [1.29, 1.82) is 0 Å². The van der Waals surface area contributed by atoms with Gasteiger partial charge in [-0.2, -0.15) is 0 Å². The average Bonchev–Trinajstić information content (AvgIpc) is 1.63. The number of carbonyl (C=O) groups is 3. The SMILES string of the molecule is C[C@@H]1CCC2=CC[C@H]3[C@H](C(O)O)C[C@]4(O)CC[C@@]3(C[C@@H]([C@@H]3COC(=O)[C@H]3c3cc[nH]c3)C#CC[C@@H]3C[C@@]5(O)C6=C7N[C@@H](CO)C(=O)C[C@@H](c8ccc(O)cc8)CSSC[C@H]8[C@@H](O)[C@@H](O)C[C@@](C9CCCCC9)([C@@H]8C7=O)[C@H]6CC[C@]5(CCN=C(N)N)[C@H]3[C@@]4(C)O)[C@H]2C1. The number of ether oxygens (including phenoxy) is 1. The van der Waals surface area contributed by atoms with Gasteiger partial charge in [-0.3, -0.25) is 19.4 Å². The van der Waals surface area contributed by atoms with E-state index in [4.69, 9.17) is 16.2 Å². The lowest BCUT2D eigenvalue weighted by Gasteiger charge is -2.66. The molecular formula is C71H97N5O13S2. The fraction of sp³-hybridized carbons (Fsp3) is 0.718. The Morgan fingerprint density at radius 3 is 2.40 bits per heavy atom. The summed E-state index contributed by atoms with van der Waals surface area (Å²) in [6, 6.07) is 7.25. The van der Waals surface area contributed by atoms with E-state index in [0.717, 1.165) is 62.5 Å². The number of nitrogens with one attached hydrogen (secondary N) is 2. The van der Waals surface area contributed by atoms with Gasteiger partial charge in [0.15, 0.2) is 23.8 Å². The predicted octanol–water partition coefficient (Wildman–Crippen LogP) is 6.63. The zero-order valence-corrected chi connectivity index (χ0v) is 54.4. The van der Waals surface area contributed by atoms with Gasteiger partial charge < -0.3 is 72.5 Å². The average molecular weight is 1290 g/mol. The summed E-state index contributed by atoms with van der Waals surface area (Å²) in [6.45, 7) is 3.30. The standard InChI is InChI=1S/C71H97N5O13S2/c1-38-11-12-40-15-18-50-47(63(83)84)31-69(87)23-22-67(50,52(40)27-38)29-41(48-35-89-64(85)56(48)43-20-25-74-33-43)7-6-8-42-30-71(88)58-51(19-21-68(71,24-26-75-65(72)73)62(42)66(69,2)86)70(45-9-4-3-5-10-45)32-55(80)60(81)49-37-91-90-36-44(39-13-16-46(78)17-14-39)28-54(79)53(34-77)76-59(58)61(82)57(49)70/h13-17,20,25,33,38,41-42,44-45,47-53,55-57,60,62-63,74,76-78,80-81,83-84,86-88H,3-5,8-12,18-19,21-24,26-32,34-37H2,1-2H3,(H4,72,73,75)/t38-,41+,42-,44-,47-,48+,49-,50+,51+,52+,53+,55+,56+,57+,60-,62-,66-,67+,68+,69-,70+,71-/m1/s1. The van der Waals surface area contributed by atoms with E-state index < -0.39 is 135 Å². The second kappa shape index (κ2) is 25.0. The van der Waals surface area contributed by atoms with Crippen LogP contribution in [0.5, 0.6) is 5.75 Å². The summed E-state index contributed by atoms with van der Waals surface area (Å²) in [7, 11) is 3.02. The Morgan fingerprint density at radius 1 is 0.901 bits per heavy atom. The van der Waals surface area contributed by atoms with Gasteiger partial charge in [0.2, 0.25) is 0 Å². The van der Waals surface area contributed by atoms with Crippen LogP contribution in [-0.2, 0) is 19.1 Å². The van der Waals surface area contributed by atoms with Gasteiger partial charge in [0.25, 0.3) is 0 Å². The van der Waals surface area contributed by atoms with Gasteiger partial charge in [-0.05, 0) is 184 Å². The first-order valence-electron chi connectivity index (χ1n) is 34.2. The largest absolute Gasteiger partial charge is 0.508 e. The number of aliphatic imine (C=N–C) groups is 1. The Kier molecular flexibility index (Phi) is 17.9. The molecule has 22 atom stereocenters. The molecule has 9 aliphatic carbocycles. The van der Waals surface area contributed by atoms with Gasteiger partial charge >= 0.3 is 5.97 Å². The second-order valence-electron chi connectivity index (χ2n) is 30.5. The summed E-state index contributed by atoms with van der Waals surface area (Å²) in [4.78, 5) is 54.0. The minimum atomic E-state index is -2.14. The lowest BCUT2D eigenvalue weighted by atomic mass is 9.39. The number of fused-ring (bicyclic) bond motifs is 10. The number of benzene rings is 1. The summed E-state index contributed by atoms with van der Waals surface area (Å²) in [5, 5.41) is 119. The molecule has 13 rings (SSSR count). The molecule has 2 aromatic rings. The number of allylic oxidation sites excluding steroid dienone is 3. The molecule has 8 fully saturated rings. The number of aliphatic hydroxyl groups is 8. The quantitative estimate of drug-likeness (QED) is 0.0238. The van der Waals surface area contributed by atoms with Gasteiger partial charge in [-0.25, -0.2) is 0 Å². The minimum absolute atomic E-state index is 0.00796.